The van der Waals surface area contributed by atoms with Crippen LogP contribution in [0.2, 0.25) is 0 Å². The Morgan fingerprint density at radius 3 is 2.06 bits per heavy atom. The van der Waals surface area contributed by atoms with Crippen LogP contribution in [-0.2, 0) is 14.4 Å². The Balaban J connectivity index is 1.55. The summed E-state index contributed by atoms with van der Waals surface area (Å²) >= 11 is 0. The second kappa shape index (κ2) is 4.73. The minimum absolute atomic E-state index is 0.0501. The van der Waals surface area contributed by atoms with E-state index in [-0.39, 0.29) is 23.7 Å². The second-order valence-electron chi connectivity index (χ2n) is 4.64. The maximum Gasteiger partial charge on any atom is 0.307 e. The van der Waals surface area contributed by atoms with E-state index in [4.69, 9.17) is 5.11 Å². The van der Waals surface area contributed by atoms with Crippen molar-refractivity contribution in [1.29, 1.82) is 0 Å². The number of nitrogens with one attached hydrogen (secondary N) is 2. The van der Waals surface area contributed by atoms with Crippen molar-refractivity contribution in [3.63, 3.8) is 0 Å². The van der Waals surface area contributed by atoms with E-state index >= 15 is 0 Å². The lowest BCUT2D eigenvalue weighted by molar-refractivity contribution is -0.140. The summed E-state index contributed by atoms with van der Waals surface area (Å²) in [6.45, 7) is 0.770. The van der Waals surface area contributed by atoms with Gasteiger partial charge in [-0.25, -0.2) is 0 Å². The highest BCUT2D eigenvalue weighted by molar-refractivity contribution is 5.89. The topological polar surface area (TPSA) is 95.5 Å². The average Bonchev–Trinajstić information content (AvgIpc) is 3.17. The van der Waals surface area contributed by atoms with Crippen molar-refractivity contribution in [1.82, 2.24) is 10.6 Å². The summed E-state index contributed by atoms with van der Waals surface area (Å²) in [7, 11) is 0. The van der Waals surface area contributed by atoms with E-state index in [9.17, 15) is 14.4 Å². The number of aliphatic carboxylic acids is 1. The summed E-state index contributed by atoms with van der Waals surface area (Å²) in [6.07, 6.45) is 2.34. The maximum atomic E-state index is 11.4. The van der Waals surface area contributed by atoms with Gasteiger partial charge in [-0.1, -0.05) is 0 Å². The lowest BCUT2D eigenvalue weighted by Crippen LogP contribution is -2.36. The smallest absolute Gasteiger partial charge is 0.307 e. The van der Waals surface area contributed by atoms with Gasteiger partial charge in [-0.3, -0.25) is 14.4 Å². The predicted octanol–water partition coefficient (Wildman–Crippen LogP) is -0.651. The maximum absolute atomic E-state index is 11.4. The molecule has 0 bridgehead atoms. The molecule has 94 valence electrons. The number of hydrogen-bond acceptors (Lipinski definition) is 3. The van der Waals surface area contributed by atoms with Gasteiger partial charge in [0, 0.05) is 19.0 Å². The fourth-order valence-corrected chi connectivity index (χ4v) is 1.75. The van der Waals surface area contributed by atoms with Crippen LogP contribution in [0.15, 0.2) is 0 Å². The van der Waals surface area contributed by atoms with Crippen LogP contribution >= 0.6 is 0 Å². The first kappa shape index (κ1) is 11.9. The van der Waals surface area contributed by atoms with Crippen molar-refractivity contribution in [2.24, 2.45) is 17.8 Å². The molecule has 0 aromatic carbocycles. The normalized spacial score (nSPS) is 26.1. The molecule has 0 aromatic rings. The number of hydrogen-bond donors (Lipinski definition) is 3. The van der Waals surface area contributed by atoms with Crippen LogP contribution in [0, 0.1) is 17.8 Å². The summed E-state index contributed by atoms with van der Waals surface area (Å²) in [4.78, 5) is 33.2. The van der Waals surface area contributed by atoms with Gasteiger partial charge in [-0.2, -0.15) is 0 Å². The summed E-state index contributed by atoms with van der Waals surface area (Å²) in [5, 5.41) is 14.0. The molecule has 2 unspecified atom stereocenters. The summed E-state index contributed by atoms with van der Waals surface area (Å²) < 4.78 is 0. The van der Waals surface area contributed by atoms with Gasteiger partial charge in [-0.15, -0.1) is 0 Å². The average molecular weight is 240 g/mol. The highest BCUT2D eigenvalue weighted by atomic mass is 16.4. The predicted molar refractivity (Wildman–Crippen MR) is 58.0 cm³/mol. The van der Waals surface area contributed by atoms with E-state index in [1.165, 1.54) is 0 Å². The van der Waals surface area contributed by atoms with Crippen molar-refractivity contribution >= 4 is 17.8 Å². The molecule has 0 aliphatic heterocycles. The molecule has 0 aromatic heterocycles. The molecule has 0 heterocycles. The Labute approximate surface area is 98.8 Å². The minimum atomic E-state index is -0.910. The van der Waals surface area contributed by atoms with Gasteiger partial charge in [-0.05, 0) is 19.3 Å². The van der Waals surface area contributed by atoms with Crippen LogP contribution in [0.25, 0.3) is 0 Å². The molecule has 0 radical (unpaired) electrons. The highest BCUT2D eigenvalue weighted by Crippen LogP contribution is 2.38. The van der Waals surface area contributed by atoms with Crippen molar-refractivity contribution in [3.05, 3.63) is 0 Å². The number of carboxylic acids is 1. The van der Waals surface area contributed by atoms with Crippen molar-refractivity contribution in [2.75, 3.05) is 13.1 Å². The third-order valence-corrected chi connectivity index (χ3v) is 3.12. The van der Waals surface area contributed by atoms with E-state index in [0.29, 0.717) is 19.5 Å². The van der Waals surface area contributed by atoms with Crippen LogP contribution < -0.4 is 10.6 Å². The van der Waals surface area contributed by atoms with E-state index in [2.05, 4.69) is 10.6 Å². The second-order valence-corrected chi connectivity index (χ2v) is 4.64. The molecule has 0 saturated heterocycles. The SMILES string of the molecule is O=C(NCCNC(=O)C1CC1C(=O)O)C1CC1. The van der Waals surface area contributed by atoms with Crippen LogP contribution in [0.4, 0.5) is 0 Å². The van der Waals surface area contributed by atoms with Crippen LogP contribution in [0.3, 0.4) is 0 Å². The molecule has 17 heavy (non-hydrogen) atoms. The minimum Gasteiger partial charge on any atom is -0.481 e. The number of carbonyl (C=O) groups is 3. The molecule has 3 N–H and O–H groups in total. The first-order valence-corrected chi connectivity index (χ1v) is 5.88. The molecule has 2 fully saturated rings. The van der Waals surface area contributed by atoms with Gasteiger partial charge in [0.1, 0.15) is 0 Å². The zero-order chi connectivity index (χ0) is 12.4. The first-order chi connectivity index (χ1) is 8.09. The third kappa shape index (κ3) is 3.18. The lowest BCUT2D eigenvalue weighted by atomic mass is 10.3. The van der Waals surface area contributed by atoms with E-state index in [1.54, 1.807) is 0 Å². The molecule has 2 aliphatic rings. The number of carboxylic acid groups (broad SMARTS) is 1. The monoisotopic (exact) mass is 240 g/mol. The van der Waals surface area contributed by atoms with Crippen molar-refractivity contribution in [2.45, 2.75) is 19.3 Å². The quantitative estimate of drug-likeness (QED) is 0.537. The molecular weight excluding hydrogens is 224 g/mol. The van der Waals surface area contributed by atoms with Crippen molar-refractivity contribution in [3.8, 4) is 0 Å². The van der Waals surface area contributed by atoms with Gasteiger partial charge >= 0.3 is 5.97 Å². The number of rotatable bonds is 6. The molecule has 6 heteroatoms. The number of carbonyl (C=O) groups excluding carboxylic acids is 2. The number of amides is 2. The van der Waals surface area contributed by atoms with Crippen LogP contribution in [0.1, 0.15) is 19.3 Å². The molecule has 2 amide bonds. The van der Waals surface area contributed by atoms with Gasteiger partial charge in [0.05, 0.1) is 11.8 Å². The first-order valence-electron chi connectivity index (χ1n) is 5.88. The van der Waals surface area contributed by atoms with Crippen LogP contribution in [0.5, 0.6) is 0 Å². The largest absolute Gasteiger partial charge is 0.481 e. The Kier molecular flexibility index (Phi) is 3.31. The highest BCUT2D eigenvalue weighted by Gasteiger charge is 2.48. The van der Waals surface area contributed by atoms with Gasteiger partial charge in [0.25, 0.3) is 0 Å². The fraction of sp³-hybridized carbons (Fsp3) is 0.727. The van der Waals surface area contributed by atoms with E-state index < -0.39 is 11.9 Å². The zero-order valence-corrected chi connectivity index (χ0v) is 9.44. The summed E-state index contributed by atoms with van der Waals surface area (Å²) in [6, 6.07) is 0. The van der Waals surface area contributed by atoms with Crippen LogP contribution in [-0.4, -0.2) is 36.0 Å². The fourth-order valence-electron chi connectivity index (χ4n) is 1.75. The lowest BCUT2D eigenvalue weighted by Gasteiger charge is -2.05. The molecule has 2 atom stereocenters. The Morgan fingerprint density at radius 2 is 1.59 bits per heavy atom. The molecule has 2 aliphatic carbocycles. The summed E-state index contributed by atoms with van der Waals surface area (Å²) in [5.74, 6) is -1.81. The zero-order valence-electron chi connectivity index (χ0n) is 9.44. The van der Waals surface area contributed by atoms with Gasteiger partial charge in [0.15, 0.2) is 0 Å². The molecule has 2 rings (SSSR count). The molecule has 6 nitrogen and oxygen atoms in total. The third-order valence-electron chi connectivity index (χ3n) is 3.12. The van der Waals surface area contributed by atoms with Gasteiger partial charge in [0.2, 0.25) is 11.8 Å². The van der Waals surface area contributed by atoms with E-state index in [1.807, 2.05) is 0 Å². The Morgan fingerprint density at radius 1 is 1.00 bits per heavy atom. The van der Waals surface area contributed by atoms with Gasteiger partial charge < -0.3 is 15.7 Å². The molecule has 2 saturated carbocycles. The molecule has 0 spiro atoms. The Bertz CT molecular complexity index is 351. The molecular formula is C11H16N2O4. The standard InChI is InChI=1S/C11H16N2O4/c14-9(6-1-2-6)12-3-4-13-10(15)7-5-8(7)11(16)17/h6-8H,1-5H2,(H,12,14)(H,13,15)(H,16,17). The summed E-state index contributed by atoms with van der Waals surface area (Å²) in [5.41, 5.74) is 0. The Hall–Kier alpha value is -1.59. The van der Waals surface area contributed by atoms with E-state index in [0.717, 1.165) is 12.8 Å². The van der Waals surface area contributed by atoms with Crippen molar-refractivity contribution < 1.29 is 19.5 Å².